The largest absolute Gasteiger partial charge is 0.426 e. The lowest BCUT2D eigenvalue weighted by Crippen LogP contribution is -2.11. The van der Waals surface area contributed by atoms with Crippen LogP contribution in [0.25, 0.3) is 22.4 Å². The zero-order valence-electron chi connectivity index (χ0n) is 14.7. The number of carbonyl (C=O) groups is 1. The Labute approximate surface area is 169 Å². The number of rotatable bonds is 4. The summed E-state index contributed by atoms with van der Waals surface area (Å²) in [5.41, 5.74) is 2.13. The molecule has 0 saturated heterocycles. The van der Waals surface area contributed by atoms with Gasteiger partial charge in [-0.3, -0.25) is 14.9 Å². The smallest absolute Gasteiger partial charge is 0.271 e. The molecule has 144 valence electrons. The number of nitrogens with zero attached hydrogens (tertiary/aromatic N) is 3. The van der Waals surface area contributed by atoms with Gasteiger partial charge in [-0.15, -0.1) is 0 Å². The molecule has 4 rings (SSSR count). The van der Waals surface area contributed by atoms with Crippen LogP contribution in [-0.4, -0.2) is 25.8 Å². The van der Waals surface area contributed by atoms with Crippen LogP contribution in [-0.2, 0) is 0 Å². The molecule has 9 heteroatoms. The van der Waals surface area contributed by atoms with Crippen LogP contribution in [0.2, 0.25) is 5.02 Å². The molecule has 8 nitrogen and oxygen atoms in total. The Hall–Kier alpha value is -3.91. The first-order valence-corrected chi connectivity index (χ1v) is 8.84. The number of nitro groups is 1. The number of hydrogen-bond acceptors (Lipinski definition) is 5. The summed E-state index contributed by atoms with van der Waals surface area (Å²) in [6, 6.07) is 17.3. The number of non-ortho nitro benzene ring substituents is 1. The van der Waals surface area contributed by atoms with Crippen molar-refractivity contribution in [2.75, 3.05) is 5.32 Å². The molecule has 0 unspecified atom stereocenters. The van der Waals surface area contributed by atoms with Crippen molar-refractivity contribution in [1.29, 1.82) is 0 Å². The lowest BCUT2D eigenvalue weighted by Gasteiger charge is -2.07. The third-order valence-electron chi connectivity index (χ3n) is 4.33. The van der Waals surface area contributed by atoms with Crippen molar-refractivity contribution in [2.45, 2.75) is 0 Å². The van der Waals surface area contributed by atoms with E-state index in [1.807, 2.05) is 0 Å². The van der Waals surface area contributed by atoms with E-state index in [0.29, 0.717) is 27.4 Å². The van der Waals surface area contributed by atoms with Gasteiger partial charge in [0.15, 0.2) is 5.82 Å². The molecule has 0 atom stereocenters. The standard InChI is InChI=1S/C20H13ClN4O4/c21-14-5-1-13(2-6-14)20(26)22-15-7-3-12(4-8-15)19-23-17-10-9-16(25(28)29)11-18(17)24(19)27/h1-11,27H,(H,22,26). The molecule has 0 radical (unpaired) electrons. The fourth-order valence-electron chi connectivity index (χ4n) is 2.86. The Bertz CT molecular complexity index is 1230. The van der Waals surface area contributed by atoms with E-state index >= 15 is 0 Å². The van der Waals surface area contributed by atoms with Crippen molar-refractivity contribution in [3.8, 4) is 11.4 Å². The number of imidazole rings is 1. The van der Waals surface area contributed by atoms with Crippen LogP contribution >= 0.6 is 11.6 Å². The molecule has 0 spiro atoms. The lowest BCUT2D eigenvalue weighted by atomic mass is 10.1. The Balaban J connectivity index is 1.59. The molecule has 3 aromatic carbocycles. The number of anilines is 1. The van der Waals surface area contributed by atoms with Gasteiger partial charge in [-0.2, -0.15) is 4.73 Å². The highest BCUT2D eigenvalue weighted by Crippen LogP contribution is 2.27. The zero-order valence-corrected chi connectivity index (χ0v) is 15.5. The Morgan fingerprint density at radius 3 is 2.41 bits per heavy atom. The molecule has 0 saturated carbocycles. The van der Waals surface area contributed by atoms with Crippen molar-refractivity contribution in [1.82, 2.24) is 9.71 Å². The maximum absolute atomic E-state index is 12.3. The van der Waals surface area contributed by atoms with Crippen molar-refractivity contribution in [3.05, 3.63) is 87.4 Å². The van der Waals surface area contributed by atoms with Gasteiger partial charge in [0, 0.05) is 34.0 Å². The molecule has 0 aliphatic carbocycles. The minimum absolute atomic E-state index is 0.139. The van der Waals surface area contributed by atoms with E-state index in [2.05, 4.69) is 10.3 Å². The summed E-state index contributed by atoms with van der Waals surface area (Å²) in [4.78, 5) is 27.0. The predicted molar refractivity (Wildman–Crippen MR) is 108 cm³/mol. The van der Waals surface area contributed by atoms with Crippen molar-refractivity contribution in [2.24, 2.45) is 0 Å². The molecule has 4 aromatic rings. The second-order valence-corrected chi connectivity index (χ2v) is 6.65. The molecule has 0 aliphatic heterocycles. The van der Waals surface area contributed by atoms with E-state index in [-0.39, 0.29) is 22.9 Å². The zero-order chi connectivity index (χ0) is 20.5. The lowest BCUT2D eigenvalue weighted by molar-refractivity contribution is -0.384. The molecule has 0 fully saturated rings. The molecule has 1 amide bonds. The van der Waals surface area contributed by atoms with Gasteiger partial charge < -0.3 is 10.5 Å². The van der Waals surface area contributed by atoms with Crippen LogP contribution in [0, 0.1) is 10.1 Å². The number of hydrogen-bond donors (Lipinski definition) is 2. The average Bonchev–Trinajstić information content (AvgIpc) is 3.05. The number of halogens is 1. The Morgan fingerprint density at radius 2 is 1.76 bits per heavy atom. The number of carbonyl (C=O) groups excluding carboxylic acids is 1. The summed E-state index contributed by atoms with van der Waals surface area (Å²) in [7, 11) is 0. The quantitative estimate of drug-likeness (QED) is 0.287. The second kappa shape index (κ2) is 7.25. The highest BCUT2D eigenvalue weighted by Gasteiger charge is 2.16. The predicted octanol–water partition coefficient (Wildman–Crippen LogP) is 4.75. The summed E-state index contributed by atoms with van der Waals surface area (Å²) >= 11 is 5.82. The highest BCUT2D eigenvalue weighted by atomic mass is 35.5. The van der Waals surface area contributed by atoms with E-state index in [1.165, 1.54) is 18.2 Å². The van der Waals surface area contributed by atoms with Crippen molar-refractivity contribution < 1.29 is 14.9 Å². The van der Waals surface area contributed by atoms with E-state index in [0.717, 1.165) is 4.73 Å². The molecule has 0 aliphatic rings. The molecule has 1 heterocycles. The van der Waals surface area contributed by atoms with Crippen LogP contribution in [0.1, 0.15) is 10.4 Å². The number of nitrogens with one attached hydrogen (secondary N) is 1. The maximum atomic E-state index is 12.3. The van der Waals surface area contributed by atoms with Gasteiger partial charge in [0.05, 0.1) is 10.4 Å². The number of fused-ring (bicyclic) bond motifs is 1. The topological polar surface area (TPSA) is 110 Å². The second-order valence-electron chi connectivity index (χ2n) is 6.22. The SMILES string of the molecule is O=C(Nc1ccc(-c2nc3ccc([N+](=O)[O-])cc3n2O)cc1)c1ccc(Cl)cc1. The van der Waals surface area contributed by atoms with Gasteiger partial charge in [-0.1, -0.05) is 11.6 Å². The third kappa shape index (κ3) is 3.61. The van der Waals surface area contributed by atoms with Crippen LogP contribution in [0.4, 0.5) is 11.4 Å². The van der Waals surface area contributed by atoms with Gasteiger partial charge >= 0.3 is 0 Å². The van der Waals surface area contributed by atoms with Crippen molar-refractivity contribution >= 4 is 39.9 Å². The average molecular weight is 409 g/mol. The van der Waals surface area contributed by atoms with Gasteiger partial charge in [-0.25, -0.2) is 4.98 Å². The summed E-state index contributed by atoms with van der Waals surface area (Å²) in [5.74, 6) is -0.0489. The van der Waals surface area contributed by atoms with Crippen LogP contribution in [0.15, 0.2) is 66.7 Å². The first-order chi connectivity index (χ1) is 13.9. The summed E-state index contributed by atoms with van der Waals surface area (Å²) in [5, 5.41) is 24.6. The number of benzene rings is 3. The Morgan fingerprint density at radius 1 is 1.07 bits per heavy atom. The Kier molecular flexibility index (Phi) is 4.61. The monoisotopic (exact) mass is 408 g/mol. The highest BCUT2D eigenvalue weighted by molar-refractivity contribution is 6.30. The third-order valence-corrected chi connectivity index (χ3v) is 4.58. The summed E-state index contributed by atoms with van der Waals surface area (Å²) < 4.78 is 0.809. The summed E-state index contributed by atoms with van der Waals surface area (Å²) in [6.45, 7) is 0. The maximum Gasteiger partial charge on any atom is 0.271 e. The molecule has 29 heavy (non-hydrogen) atoms. The number of aromatic nitrogens is 2. The summed E-state index contributed by atoms with van der Waals surface area (Å²) in [6.07, 6.45) is 0. The van der Waals surface area contributed by atoms with E-state index in [4.69, 9.17) is 11.6 Å². The first-order valence-electron chi connectivity index (χ1n) is 8.46. The van der Waals surface area contributed by atoms with E-state index in [9.17, 15) is 20.1 Å². The number of amides is 1. The van der Waals surface area contributed by atoms with Gasteiger partial charge in [-0.05, 0) is 54.6 Å². The van der Waals surface area contributed by atoms with E-state index in [1.54, 1.807) is 48.5 Å². The molecule has 2 N–H and O–H groups in total. The minimum Gasteiger partial charge on any atom is -0.426 e. The fourth-order valence-corrected chi connectivity index (χ4v) is 2.99. The normalized spacial score (nSPS) is 10.8. The van der Waals surface area contributed by atoms with E-state index < -0.39 is 4.92 Å². The molecular weight excluding hydrogens is 396 g/mol. The van der Waals surface area contributed by atoms with Gasteiger partial charge in [0.2, 0.25) is 0 Å². The molecule has 0 bridgehead atoms. The fraction of sp³-hybridized carbons (Fsp3) is 0. The van der Waals surface area contributed by atoms with Crippen LogP contribution < -0.4 is 5.32 Å². The number of nitro benzene ring substituents is 1. The molecular formula is C20H13ClN4O4. The van der Waals surface area contributed by atoms with Gasteiger partial charge in [0.1, 0.15) is 5.52 Å². The first kappa shape index (κ1) is 18.5. The van der Waals surface area contributed by atoms with Crippen LogP contribution in [0.5, 0.6) is 0 Å². The van der Waals surface area contributed by atoms with Gasteiger partial charge in [0.25, 0.3) is 11.6 Å². The molecule has 1 aromatic heterocycles. The van der Waals surface area contributed by atoms with Crippen molar-refractivity contribution in [3.63, 3.8) is 0 Å². The van der Waals surface area contributed by atoms with Crippen LogP contribution in [0.3, 0.4) is 0 Å². The minimum atomic E-state index is -0.537.